The molecule has 0 aromatic carbocycles. The van der Waals surface area contributed by atoms with Gasteiger partial charge in [0, 0.05) is 11.8 Å². The van der Waals surface area contributed by atoms with Gasteiger partial charge in [-0.1, -0.05) is 0 Å². The van der Waals surface area contributed by atoms with Gasteiger partial charge in [0.25, 0.3) is 10.1 Å². The summed E-state index contributed by atoms with van der Waals surface area (Å²) in [6.45, 7) is 7.49. The van der Waals surface area contributed by atoms with E-state index in [4.69, 9.17) is 13.7 Å². The summed E-state index contributed by atoms with van der Waals surface area (Å²) < 4.78 is 40.8. The maximum absolute atomic E-state index is 11.9. The number of ether oxygens (including phenoxy) is 2. The number of aryl methyl sites for hydroxylation is 1. The minimum Gasteiger partial charge on any atom is -0.364 e. The van der Waals surface area contributed by atoms with Crippen LogP contribution in [-0.4, -0.2) is 54.8 Å². The molecule has 2 fully saturated rings. The van der Waals surface area contributed by atoms with Crippen LogP contribution >= 0.6 is 0 Å². The lowest BCUT2D eigenvalue weighted by molar-refractivity contribution is -0.157. The Balaban J connectivity index is 1.71. The summed E-state index contributed by atoms with van der Waals surface area (Å²) in [7, 11) is -3.50. The summed E-state index contributed by atoms with van der Waals surface area (Å²) in [5, 5.41) is 3.41. The molecule has 4 atom stereocenters. The Morgan fingerprint density at radius 2 is 2.04 bits per heavy atom. The van der Waals surface area contributed by atoms with E-state index in [1.54, 1.807) is 6.92 Å². The van der Waals surface area contributed by atoms with E-state index in [2.05, 4.69) is 15.3 Å². The van der Waals surface area contributed by atoms with Gasteiger partial charge in [-0.3, -0.25) is 4.18 Å². The number of nitrogens with zero attached hydrogens (tertiary/aromatic N) is 2. The molecule has 3 rings (SSSR count). The predicted molar refractivity (Wildman–Crippen MR) is 96.1 cm³/mol. The highest BCUT2D eigenvalue weighted by molar-refractivity contribution is 7.86. The molecule has 26 heavy (non-hydrogen) atoms. The van der Waals surface area contributed by atoms with E-state index in [1.807, 2.05) is 26.8 Å². The van der Waals surface area contributed by atoms with Gasteiger partial charge in [0.05, 0.1) is 24.5 Å². The van der Waals surface area contributed by atoms with Gasteiger partial charge >= 0.3 is 0 Å². The van der Waals surface area contributed by atoms with E-state index in [0.29, 0.717) is 6.42 Å². The minimum absolute atomic E-state index is 0.00382. The molecule has 1 aromatic heterocycles. The van der Waals surface area contributed by atoms with Crippen molar-refractivity contribution in [1.29, 1.82) is 0 Å². The van der Waals surface area contributed by atoms with Gasteiger partial charge in [-0.2, -0.15) is 8.42 Å². The third kappa shape index (κ3) is 4.51. The van der Waals surface area contributed by atoms with Crippen LogP contribution in [0.4, 0.5) is 5.82 Å². The van der Waals surface area contributed by atoms with Crippen molar-refractivity contribution < 1.29 is 22.1 Å². The molecule has 2 aliphatic rings. The zero-order valence-corrected chi connectivity index (χ0v) is 16.5. The van der Waals surface area contributed by atoms with Crippen molar-refractivity contribution in [3.05, 3.63) is 18.1 Å². The minimum atomic E-state index is -3.50. The smallest absolute Gasteiger partial charge is 0.267 e. The molecule has 0 unspecified atom stereocenters. The van der Waals surface area contributed by atoms with Crippen LogP contribution in [0.3, 0.4) is 0 Å². The maximum Gasteiger partial charge on any atom is 0.267 e. The van der Waals surface area contributed by atoms with Gasteiger partial charge in [0.1, 0.15) is 18.2 Å². The molecule has 146 valence electrons. The Bertz CT molecular complexity index is 740. The number of hydrogen-bond acceptors (Lipinski definition) is 8. The van der Waals surface area contributed by atoms with E-state index in [1.165, 1.54) is 6.33 Å². The number of aromatic nitrogens is 2. The number of fused-ring (bicyclic) bond motifs is 1. The molecule has 1 aliphatic heterocycles. The molecule has 9 heteroatoms. The van der Waals surface area contributed by atoms with E-state index in [0.717, 1.165) is 17.9 Å². The molecule has 2 heterocycles. The van der Waals surface area contributed by atoms with Crippen LogP contribution < -0.4 is 5.32 Å². The number of hydrogen-bond donors (Lipinski definition) is 1. The van der Waals surface area contributed by atoms with Crippen LogP contribution in [0.5, 0.6) is 0 Å². The highest BCUT2D eigenvalue weighted by Crippen LogP contribution is 2.43. The fourth-order valence-electron chi connectivity index (χ4n) is 3.77. The fraction of sp³-hybridized carbons (Fsp3) is 0.765. The zero-order valence-electron chi connectivity index (χ0n) is 15.6. The van der Waals surface area contributed by atoms with Crippen LogP contribution in [0.25, 0.3) is 0 Å². The van der Waals surface area contributed by atoms with Gasteiger partial charge in [0.2, 0.25) is 0 Å². The molecule has 8 nitrogen and oxygen atoms in total. The lowest BCUT2D eigenvalue weighted by Crippen LogP contribution is -2.34. The van der Waals surface area contributed by atoms with Crippen molar-refractivity contribution in [2.45, 2.75) is 64.6 Å². The second-order valence-electron chi connectivity index (χ2n) is 7.31. The summed E-state index contributed by atoms with van der Waals surface area (Å²) in [5.74, 6) is 0.0983. The van der Waals surface area contributed by atoms with Crippen molar-refractivity contribution in [2.24, 2.45) is 5.92 Å². The molecule has 1 N–H and O–H groups in total. The summed E-state index contributed by atoms with van der Waals surface area (Å²) in [5.41, 5.74) is 0.875. The predicted octanol–water partition coefficient (Wildman–Crippen LogP) is 1.86. The van der Waals surface area contributed by atoms with Gasteiger partial charge in [0.15, 0.2) is 5.79 Å². The Morgan fingerprint density at radius 1 is 1.31 bits per heavy atom. The van der Waals surface area contributed by atoms with Crippen molar-refractivity contribution >= 4 is 15.9 Å². The average Bonchev–Trinajstić information content (AvgIpc) is 3.00. The molecule has 0 spiro atoms. The van der Waals surface area contributed by atoms with Crippen molar-refractivity contribution in [1.82, 2.24) is 9.97 Å². The molecule has 1 saturated carbocycles. The molecule has 1 saturated heterocycles. The van der Waals surface area contributed by atoms with Crippen molar-refractivity contribution in [2.75, 3.05) is 17.7 Å². The second kappa shape index (κ2) is 7.38. The van der Waals surface area contributed by atoms with Gasteiger partial charge < -0.3 is 14.8 Å². The van der Waals surface area contributed by atoms with Crippen LogP contribution in [0.1, 0.15) is 39.3 Å². The Hall–Kier alpha value is -1.29. The van der Waals surface area contributed by atoms with E-state index < -0.39 is 15.9 Å². The number of nitrogens with one attached hydrogen (secondary N) is 1. The third-order valence-electron chi connectivity index (χ3n) is 4.75. The van der Waals surface area contributed by atoms with Gasteiger partial charge in [-0.15, -0.1) is 0 Å². The summed E-state index contributed by atoms with van der Waals surface area (Å²) in [6.07, 6.45) is 2.44. The number of rotatable bonds is 7. The number of anilines is 1. The fourth-order valence-corrected chi connectivity index (χ4v) is 4.84. The third-order valence-corrected chi connectivity index (χ3v) is 6.09. The average molecular weight is 385 g/mol. The monoisotopic (exact) mass is 385 g/mol. The molecular weight excluding hydrogens is 358 g/mol. The second-order valence-corrected chi connectivity index (χ2v) is 9.07. The Kier molecular flexibility index (Phi) is 5.53. The summed E-state index contributed by atoms with van der Waals surface area (Å²) in [6, 6.07) is 1.87. The summed E-state index contributed by atoms with van der Waals surface area (Å²) >= 11 is 0. The normalized spacial score (nSPS) is 30.3. The van der Waals surface area contributed by atoms with Crippen molar-refractivity contribution in [3.63, 3.8) is 0 Å². The maximum atomic E-state index is 11.9. The Morgan fingerprint density at radius 3 is 2.73 bits per heavy atom. The van der Waals surface area contributed by atoms with E-state index in [9.17, 15) is 8.42 Å². The van der Waals surface area contributed by atoms with Gasteiger partial charge in [-0.05, 0) is 46.5 Å². The quantitative estimate of drug-likeness (QED) is 0.710. The molecule has 0 bridgehead atoms. The first-order valence-corrected chi connectivity index (χ1v) is 10.5. The largest absolute Gasteiger partial charge is 0.364 e. The van der Waals surface area contributed by atoms with Crippen LogP contribution in [0.2, 0.25) is 0 Å². The first kappa shape index (κ1) is 19.5. The zero-order chi connectivity index (χ0) is 18.9. The molecular formula is C17H27N3O5S. The van der Waals surface area contributed by atoms with E-state index >= 15 is 0 Å². The highest BCUT2D eigenvalue weighted by atomic mass is 32.2. The first-order valence-electron chi connectivity index (χ1n) is 8.97. The SMILES string of the molecule is CCOS(=O)(=O)CC[C@H]1C[C@@H](Nc2cc(C)ncn2)[C@@H]2OC(C)(C)O[C@H]12. The lowest BCUT2D eigenvalue weighted by Gasteiger charge is -2.24. The lowest BCUT2D eigenvalue weighted by atomic mass is 10.0. The van der Waals surface area contributed by atoms with Crippen molar-refractivity contribution in [3.8, 4) is 0 Å². The van der Waals surface area contributed by atoms with Crippen LogP contribution in [0.15, 0.2) is 12.4 Å². The molecule has 1 aromatic rings. The topological polar surface area (TPSA) is 99.6 Å². The molecule has 1 aliphatic carbocycles. The molecule has 0 amide bonds. The van der Waals surface area contributed by atoms with E-state index in [-0.39, 0.29) is 36.5 Å². The van der Waals surface area contributed by atoms with Crippen LogP contribution in [0, 0.1) is 12.8 Å². The Labute approximate surface area is 154 Å². The first-order chi connectivity index (χ1) is 12.2. The standard InChI is InChI=1S/C17H27N3O5S/c1-5-23-26(21,22)7-6-12-9-13(16-15(12)24-17(3,4)25-16)20-14-8-11(2)18-10-19-14/h8,10,12-13,15-16H,5-7,9H2,1-4H3,(H,18,19,20)/t12-,13+,15+,16-/m0/s1. The summed E-state index contributed by atoms with van der Waals surface area (Å²) in [4.78, 5) is 8.36. The molecule has 0 radical (unpaired) electrons. The van der Waals surface area contributed by atoms with Gasteiger partial charge in [-0.25, -0.2) is 9.97 Å². The van der Waals surface area contributed by atoms with Crippen LogP contribution in [-0.2, 0) is 23.8 Å². The highest BCUT2D eigenvalue weighted by Gasteiger charge is 2.53.